The first kappa shape index (κ1) is 17.9. The summed E-state index contributed by atoms with van der Waals surface area (Å²) in [5, 5.41) is 4.19. The van der Waals surface area contributed by atoms with E-state index in [0.29, 0.717) is 6.54 Å². The van der Waals surface area contributed by atoms with Crippen LogP contribution in [0.5, 0.6) is 0 Å². The van der Waals surface area contributed by atoms with E-state index in [4.69, 9.17) is 5.73 Å². The van der Waals surface area contributed by atoms with Gasteiger partial charge in [0.25, 0.3) is 0 Å². The molecular weight excluding hydrogens is 312 g/mol. The largest absolute Gasteiger partial charge is 0.369 e. The molecule has 3 N–H and O–H groups in total. The molecule has 2 heterocycles. The summed E-state index contributed by atoms with van der Waals surface area (Å²) in [7, 11) is 0. The summed E-state index contributed by atoms with van der Waals surface area (Å²) in [5.41, 5.74) is 6.23. The summed E-state index contributed by atoms with van der Waals surface area (Å²) in [6.45, 7) is 6.49. The number of rotatable bonds is 7. The normalized spacial score (nSPS) is 16.4. The van der Waals surface area contributed by atoms with Gasteiger partial charge in [-0.25, -0.2) is 4.98 Å². The van der Waals surface area contributed by atoms with Gasteiger partial charge in [0.05, 0.1) is 23.8 Å². The lowest BCUT2D eigenvalue weighted by Crippen LogP contribution is -2.43. The van der Waals surface area contributed by atoms with Crippen molar-refractivity contribution in [2.75, 3.05) is 19.6 Å². The predicted molar refractivity (Wildman–Crippen MR) is 91.1 cm³/mol. The van der Waals surface area contributed by atoms with Gasteiger partial charge < -0.3 is 11.1 Å². The standard InChI is InChI=1S/C16H26N4O2S/c1-3-4-15-19-11(2)13(23-15)9-18-16(22)12-5-7-20(8-6-12)10-14(17)21/h12H,3-10H2,1-2H3,(H2,17,21)(H,18,22). The summed E-state index contributed by atoms with van der Waals surface area (Å²) in [6, 6.07) is 0. The Bertz CT molecular complexity index is 550. The van der Waals surface area contributed by atoms with Crippen LogP contribution in [0.4, 0.5) is 0 Å². The number of hydrogen-bond donors (Lipinski definition) is 2. The summed E-state index contributed by atoms with van der Waals surface area (Å²) in [5.74, 6) is -0.174. The number of nitrogens with one attached hydrogen (secondary N) is 1. The molecule has 6 nitrogen and oxygen atoms in total. The predicted octanol–water partition coefficient (Wildman–Crippen LogP) is 1.22. The van der Waals surface area contributed by atoms with Gasteiger partial charge in [-0.2, -0.15) is 0 Å². The van der Waals surface area contributed by atoms with E-state index in [-0.39, 0.29) is 24.3 Å². The highest BCUT2D eigenvalue weighted by Crippen LogP contribution is 2.20. The van der Waals surface area contributed by atoms with E-state index >= 15 is 0 Å². The Morgan fingerprint density at radius 1 is 1.39 bits per heavy atom. The number of likely N-dealkylation sites (tertiary alicyclic amines) is 1. The molecule has 1 aliphatic rings. The quantitative estimate of drug-likeness (QED) is 0.782. The van der Waals surface area contributed by atoms with E-state index in [1.165, 1.54) is 0 Å². The molecule has 128 valence electrons. The molecule has 1 fully saturated rings. The number of aromatic nitrogens is 1. The molecule has 1 aromatic heterocycles. The van der Waals surface area contributed by atoms with Crippen molar-refractivity contribution >= 4 is 23.2 Å². The maximum absolute atomic E-state index is 12.3. The van der Waals surface area contributed by atoms with Crippen LogP contribution < -0.4 is 11.1 Å². The van der Waals surface area contributed by atoms with Crippen LogP contribution in [-0.4, -0.2) is 41.3 Å². The zero-order chi connectivity index (χ0) is 16.8. The third-order valence-electron chi connectivity index (χ3n) is 4.16. The Balaban J connectivity index is 1.78. The van der Waals surface area contributed by atoms with Crippen LogP contribution in [0.1, 0.15) is 41.8 Å². The minimum atomic E-state index is -0.309. The molecule has 0 saturated carbocycles. The monoisotopic (exact) mass is 338 g/mol. The molecule has 1 saturated heterocycles. The van der Waals surface area contributed by atoms with Gasteiger partial charge in [0, 0.05) is 10.8 Å². The molecule has 23 heavy (non-hydrogen) atoms. The van der Waals surface area contributed by atoms with E-state index in [0.717, 1.165) is 54.4 Å². The molecular formula is C16H26N4O2S. The Morgan fingerprint density at radius 2 is 2.09 bits per heavy atom. The molecule has 1 aliphatic heterocycles. The lowest BCUT2D eigenvalue weighted by atomic mass is 9.96. The Kier molecular flexibility index (Phi) is 6.53. The van der Waals surface area contributed by atoms with Crippen molar-refractivity contribution in [3.8, 4) is 0 Å². The smallest absolute Gasteiger partial charge is 0.231 e. The number of nitrogens with zero attached hydrogens (tertiary/aromatic N) is 2. The van der Waals surface area contributed by atoms with E-state index in [1.54, 1.807) is 11.3 Å². The highest BCUT2D eigenvalue weighted by atomic mass is 32.1. The first-order valence-electron chi connectivity index (χ1n) is 8.23. The maximum Gasteiger partial charge on any atom is 0.231 e. The molecule has 0 radical (unpaired) electrons. The zero-order valence-corrected chi connectivity index (χ0v) is 14.7. The van der Waals surface area contributed by atoms with Crippen LogP contribution >= 0.6 is 11.3 Å². The van der Waals surface area contributed by atoms with Gasteiger partial charge in [-0.3, -0.25) is 14.5 Å². The second-order valence-electron chi connectivity index (χ2n) is 6.10. The van der Waals surface area contributed by atoms with Gasteiger partial charge in [0.1, 0.15) is 0 Å². The zero-order valence-electron chi connectivity index (χ0n) is 13.9. The van der Waals surface area contributed by atoms with Gasteiger partial charge in [0.2, 0.25) is 11.8 Å². The second-order valence-corrected chi connectivity index (χ2v) is 7.27. The molecule has 0 atom stereocenters. The highest BCUT2D eigenvalue weighted by molar-refractivity contribution is 7.11. The molecule has 0 bridgehead atoms. The number of carbonyl (C=O) groups is 2. The van der Waals surface area contributed by atoms with Crippen molar-refractivity contribution in [2.24, 2.45) is 11.7 Å². The van der Waals surface area contributed by atoms with E-state index in [2.05, 4.69) is 17.2 Å². The summed E-state index contributed by atoms with van der Waals surface area (Å²) < 4.78 is 0. The number of piperidine rings is 1. The SMILES string of the molecule is CCCc1nc(C)c(CNC(=O)C2CCN(CC(N)=O)CC2)s1. The van der Waals surface area contributed by atoms with Crippen LogP contribution in [0.2, 0.25) is 0 Å². The topological polar surface area (TPSA) is 88.3 Å². The van der Waals surface area contributed by atoms with E-state index < -0.39 is 0 Å². The Morgan fingerprint density at radius 3 is 2.70 bits per heavy atom. The molecule has 2 amide bonds. The molecule has 7 heteroatoms. The molecule has 1 aromatic rings. The lowest BCUT2D eigenvalue weighted by molar-refractivity contribution is -0.126. The summed E-state index contributed by atoms with van der Waals surface area (Å²) in [4.78, 5) is 30.9. The van der Waals surface area contributed by atoms with Crippen molar-refractivity contribution in [3.05, 3.63) is 15.6 Å². The summed E-state index contributed by atoms with van der Waals surface area (Å²) >= 11 is 1.69. The van der Waals surface area contributed by atoms with Crippen LogP contribution in [0.25, 0.3) is 0 Å². The van der Waals surface area contributed by atoms with Crippen LogP contribution in [0.15, 0.2) is 0 Å². The molecule has 0 unspecified atom stereocenters. The first-order valence-corrected chi connectivity index (χ1v) is 9.04. The van der Waals surface area contributed by atoms with Crippen LogP contribution in [-0.2, 0) is 22.6 Å². The van der Waals surface area contributed by atoms with Gasteiger partial charge in [-0.15, -0.1) is 11.3 Å². The minimum absolute atomic E-state index is 0.0301. The fourth-order valence-electron chi connectivity index (χ4n) is 2.86. The fourth-order valence-corrected chi connectivity index (χ4v) is 3.97. The maximum atomic E-state index is 12.3. The molecule has 0 spiro atoms. The molecule has 0 aliphatic carbocycles. The van der Waals surface area contributed by atoms with Gasteiger partial charge >= 0.3 is 0 Å². The van der Waals surface area contributed by atoms with Crippen LogP contribution in [0.3, 0.4) is 0 Å². The third kappa shape index (κ3) is 5.28. The fraction of sp³-hybridized carbons (Fsp3) is 0.688. The molecule has 0 aromatic carbocycles. The van der Waals surface area contributed by atoms with E-state index in [9.17, 15) is 9.59 Å². The van der Waals surface area contributed by atoms with Gasteiger partial charge in [-0.05, 0) is 45.7 Å². The minimum Gasteiger partial charge on any atom is -0.369 e. The number of carbonyl (C=O) groups excluding carboxylic acids is 2. The average Bonchev–Trinajstić information content (AvgIpc) is 2.85. The van der Waals surface area contributed by atoms with Crippen molar-refractivity contribution < 1.29 is 9.59 Å². The number of amides is 2. The number of nitrogens with two attached hydrogens (primary N) is 1. The average molecular weight is 338 g/mol. The summed E-state index contributed by atoms with van der Waals surface area (Å²) in [6.07, 6.45) is 3.64. The number of primary amides is 1. The van der Waals surface area contributed by atoms with Crippen molar-refractivity contribution in [1.29, 1.82) is 0 Å². The number of thiazole rings is 1. The van der Waals surface area contributed by atoms with Gasteiger partial charge in [0.15, 0.2) is 0 Å². The third-order valence-corrected chi connectivity index (χ3v) is 5.38. The van der Waals surface area contributed by atoms with E-state index in [1.807, 2.05) is 11.8 Å². The Labute approximate surface area is 141 Å². The van der Waals surface area contributed by atoms with Gasteiger partial charge in [-0.1, -0.05) is 6.92 Å². The first-order chi connectivity index (χ1) is 11.0. The van der Waals surface area contributed by atoms with Crippen molar-refractivity contribution in [3.63, 3.8) is 0 Å². The second kappa shape index (κ2) is 8.40. The van der Waals surface area contributed by atoms with Crippen molar-refractivity contribution in [1.82, 2.24) is 15.2 Å². The van der Waals surface area contributed by atoms with Crippen molar-refractivity contribution in [2.45, 2.75) is 46.1 Å². The number of aryl methyl sites for hydroxylation is 2. The number of hydrogen-bond acceptors (Lipinski definition) is 5. The lowest BCUT2D eigenvalue weighted by Gasteiger charge is -2.30. The highest BCUT2D eigenvalue weighted by Gasteiger charge is 2.25. The molecule has 2 rings (SSSR count). The van der Waals surface area contributed by atoms with Crippen LogP contribution in [0, 0.1) is 12.8 Å². The Hall–Kier alpha value is -1.47.